The normalized spacial score (nSPS) is 18.6. The van der Waals surface area contributed by atoms with E-state index in [1.807, 2.05) is 23.1 Å². The molecule has 6 heteroatoms. The van der Waals surface area contributed by atoms with Gasteiger partial charge < -0.3 is 14.7 Å². The summed E-state index contributed by atoms with van der Waals surface area (Å²) in [6.07, 6.45) is 6.06. The molecular formula is C27H32ClN3O2. The molecule has 0 aromatic heterocycles. The Morgan fingerprint density at radius 3 is 2.48 bits per heavy atom. The highest BCUT2D eigenvalue weighted by molar-refractivity contribution is 6.30. The molecule has 2 aliphatic rings. The van der Waals surface area contributed by atoms with Gasteiger partial charge in [0.25, 0.3) is 0 Å². The second-order valence-electron chi connectivity index (χ2n) is 8.87. The van der Waals surface area contributed by atoms with Crippen LogP contribution in [0.15, 0.2) is 60.7 Å². The summed E-state index contributed by atoms with van der Waals surface area (Å²) in [5, 5.41) is 0.643. The molecule has 2 aromatic carbocycles. The third-order valence-corrected chi connectivity index (χ3v) is 6.95. The van der Waals surface area contributed by atoms with Gasteiger partial charge in [0.1, 0.15) is 0 Å². The van der Waals surface area contributed by atoms with Crippen LogP contribution in [-0.2, 0) is 9.59 Å². The third-order valence-electron chi connectivity index (χ3n) is 6.71. The fourth-order valence-electron chi connectivity index (χ4n) is 4.68. The van der Waals surface area contributed by atoms with Crippen LogP contribution in [0.2, 0.25) is 5.02 Å². The van der Waals surface area contributed by atoms with Crippen LogP contribution >= 0.6 is 11.6 Å². The van der Waals surface area contributed by atoms with Crippen LogP contribution in [0.5, 0.6) is 0 Å². The van der Waals surface area contributed by atoms with E-state index in [1.165, 1.54) is 18.4 Å². The summed E-state index contributed by atoms with van der Waals surface area (Å²) in [6, 6.07) is 18.2. The van der Waals surface area contributed by atoms with Crippen molar-refractivity contribution in [2.75, 3.05) is 45.8 Å². The van der Waals surface area contributed by atoms with Gasteiger partial charge in [-0.05, 0) is 61.2 Å². The summed E-state index contributed by atoms with van der Waals surface area (Å²) in [6.45, 7) is 5.40. The number of benzene rings is 2. The van der Waals surface area contributed by atoms with E-state index in [0.29, 0.717) is 37.0 Å². The van der Waals surface area contributed by atoms with Gasteiger partial charge >= 0.3 is 0 Å². The zero-order chi connectivity index (χ0) is 23.0. The average molecular weight is 466 g/mol. The Balaban J connectivity index is 1.22. The number of carbonyl (C=O) groups is 2. The second-order valence-corrected chi connectivity index (χ2v) is 9.31. The first kappa shape index (κ1) is 23.5. The van der Waals surface area contributed by atoms with Gasteiger partial charge in [0, 0.05) is 50.2 Å². The molecule has 174 valence electrons. The Morgan fingerprint density at radius 2 is 1.73 bits per heavy atom. The molecule has 0 unspecified atom stereocenters. The van der Waals surface area contributed by atoms with Crippen LogP contribution < -0.4 is 0 Å². The minimum absolute atomic E-state index is 0.0624. The molecule has 2 amide bonds. The SMILES string of the molecule is O=C(C=Cc1cccc(Cl)c1)N1CCC(=O)N(CCN2CCC(c3ccccc3)CC2)CC1. The molecule has 33 heavy (non-hydrogen) atoms. The molecule has 0 atom stereocenters. The lowest BCUT2D eigenvalue weighted by molar-refractivity contribution is -0.130. The minimum atomic E-state index is -0.0624. The predicted octanol–water partition coefficient (Wildman–Crippen LogP) is 4.29. The minimum Gasteiger partial charge on any atom is -0.340 e. The fourth-order valence-corrected chi connectivity index (χ4v) is 4.88. The maximum absolute atomic E-state index is 12.6. The number of nitrogens with zero attached hydrogens (tertiary/aromatic N) is 3. The number of likely N-dealkylation sites (tertiary alicyclic amines) is 1. The van der Waals surface area contributed by atoms with E-state index in [4.69, 9.17) is 11.6 Å². The lowest BCUT2D eigenvalue weighted by Gasteiger charge is -2.33. The molecule has 5 nitrogen and oxygen atoms in total. The van der Waals surface area contributed by atoms with Gasteiger partial charge in [-0.15, -0.1) is 0 Å². The first-order valence-corrected chi connectivity index (χ1v) is 12.2. The zero-order valence-electron chi connectivity index (χ0n) is 19.0. The molecule has 0 spiro atoms. The van der Waals surface area contributed by atoms with Crippen LogP contribution in [-0.4, -0.2) is 72.3 Å². The summed E-state index contributed by atoms with van der Waals surface area (Å²) < 4.78 is 0. The molecule has 0 bridgehead atoms. The number of halogens is 1. The number of rotatable bonds is 6. The Kier molecular flexibility index (Phi) is 8.19. The summed E-state index contributed by atoms with van der Waals surface area (Å²) in [5.74, 6) is 0.720. The lowest BCUT2D eigenvalue weighted by Crippen LogP contribution is -2.42. The van der Waals surface area contributed by atoms with Gasteiger partial charge in [-0.2, -0.15) is 0 Å². The van der Waals surface area contributed by atoms with Gasteiger partial charge in [0.15, 0.2) is 0 Å². The van der Waals surface area contributed by atoms with E-state index < -0.39 is 0 Å². The van der Waals surface area contributed by atoms with Crippen LogP contribution in [0.1, 0.15) is 36.3 Å². The highest BCUT2D eigenvalue weighted by atomic mass is 35.5. The summed E-state index contributed by atoms with van der Waals surface area (Å²) in [5.41, 5.74) is 2.33. The molecule has 0 saturated carbocycles. The van der Waals surface area contributed by atoms with E-state index in [1.54, 1.807) is 23.1 Å². The third kappa shape index (κ3) is 6.68. The maximum atomic E-state index is 12.6. The molecule has 2 heterocycles. The molecule has 2 fully saturated rings. The van der Waals surface area contributed by atoms with Gasteiger partial charge in [-0.25, -0.2) is 0 Å². The number of hydrogen-bond acceptors (Lipinski definition) is 3. The summed E-state index contributed by atoms with van der Waals surface area (Å²) in [7, 11) is 0. The van der Waals surface area contributed by atoms with Crippen molar-refractivity contribution >= 4 is 29.5 Å². The van der Waals surface area contributed by atoms with Gasteiger partial charge in [-0.1, -0.05) is 54.1 Å². The largest absolute Gasteiger partial charge is 0.340 e. The molecule has 0 radical (unpaired) electrons. The number of carbonyl (C=O) groups excluding carboxylic acids is 2. The van der Waals surface area contributed by atoms with Crippen molar-refractivity contribution in [3.63, 3.8) is 0 Å². The Morgan fingerprint density at radius 1 is 0.939 bits per heavy atom. The first-order chi connectivity index (χ1) is 16.1. The van der Waals surface area contributed by atoms with Crippen molar-refractivity contribution in [2.45, 2.75) is 25.2 Å². The number of piperidine rings is 1. The van der Waals surface area contributed by atoms with E-state index in [9.17, 15) is 9.59 Å². The van der Waals surface area contributed by atoms with Gasteiger partial charge in [0.05, 0.1) is 0 Å². The van der Waals surface area contributed by atoms with Crippen molar-refractivity contribution < 1.29 is 9.59 Å². The van der Waals surface area contributed by atoms with Crippen LogP contribution in [0.3, 0.4) is 0 Å². The van der Waals surface area contributed by atoms with E-state index in [-0.39, 0.29) is 11.8 Å². The smallest absolute Gasteiger partial charge is 0.246 e. The summed E-state index contributed by atoms with van der Waals surface area (Å²) in [4.78, 5) is 31.5. The average Bonchev–Trinajstić information content (AvgIpc) is 3.03. The van der Waals surface area contributed by atoms with Crippen molar-refractivity contribution in [1.82, 2.24) is 14.7 Å². The van der Waals surface area contributed by atoms with Gasteiger partial charge in [0.2, 0.25) is 11.8 Å². The molecule has 0 N–H and O–H groups in total. The summed E-state index contributed by atoms with van der Waals surface area (Å²) >= 11 is 6.01. The monoisotopic (exact) mass is 465 g/mol. The van der Waals surface area contributed by atoms with E-state index in [2.05, 4.69) is 35.2 Å². The molecular weight excluding hydrogens is 434 g/mol. The van der Waals surface area contributed by atoms with Crippen molar-refractivity contribution in [2.24, 2.45) is 0 Å². The second kappa shape index (κ2) is 11.5. The van der Waals surface area contributed by atoms with E-state index in [0.717, 1.165) is 31.7 Å². The maximum Gasteiger partial charge on any atom is 0.246 e. The predicted molar refractivity (Wildman–Crippen MR) is 133 cm³/mol. The lowest BCUT2D eigenvalue weighted by atomic mass is 9.89. The van der Waals surface area contributed by atoms with Gasteiger partial charge in [-0.3, -0.25) is 9.59 Å². The number of hydrogen-bond donors (Lipinski definition) is 0. The van der Waals surface area contributed by atoms with E-state index >= 15 is 0 Å². The quantitative estimate of drug-likeness (QED) is 0.597. The molecule has 0 aliphatic carbocycles. The Hall–Kier alpha value is -2.63. The molecule has 4 rings (SSSR count). The van der Waals surface area contributed by atoms with Crippen molar-refractivity contribution in [3.05, 3.63) is 76.8 Å². The standard InChI is InChI=1S/C27H32ClN3O2/c28-25-8-4-5-22(21-25)9-10-26(32)30-16-13-27(33)31(20-19-30)18-17-29-14-11-24(12-15-29)23-6-2-1-3-7-23/h1-10,21,24H,11-20H2. The van der Waals surface area contributed by atoms with Crippen LogP contribution in [0, 0.1) is 0 Å². The highest BCUT2D eigenvalue weighted by Crippen LogP contribution is 2.27. The molecule has 2 aromatic rings. The van der Waals surface area contributed by atoms with Crippen molar-refractivity contribution in [3.8, 4) is 0 Å². The van der Waals surface area contributed by atoms with Crippen LogP contribution in [0.25, 0.3) is 6.08 Å². The Bertz CT molecular complexity index is 970. The molecule has 2 saturated heterocycles. The topological polar surface area (TPSA) is 43.9 Å². The molecule has 2 aliphatic heterocycles. The highest BCUT2D eigenvalue weighted by Gasteiger charge is 2.25. The van der Waals surface area contributed by atoms with Crippen molar-refractivity contribution in [1.29, 1.82) is 0 Å². The fraction of sp³-hybridized carbons (Fsp3) is 0.407. The Labute approximate surface area is 201 Å². The first-order valence-electron chi connectivity index (χ1n) is 11.9. The van der Waals surface area contributed by atoms with Crippen LogP contribution in [0.4, 0.5) is 0 Å². The zero-order valence-corrected chi connectivity index (χ0v) is 19.8. The number of amides is 2.